The highest BCUT2D eigenvalue weighted by molar-refractivity contribution is 7.22. The van der Waals surface area contributed by atoms with Gasteiger partial charge in [0, 0.05) is 6.20 Å². The van der Waals surface area contributed by atoms with Gasteiger partial charge >= 0.3 is 0 Å². The van der Waals surface area contributed by atoms with Gasteiger partial charge in [0.15, 0.2) is 0 Å². The van der Waals surface area contributed by atoms with E-state index < -0.39 is 0 Å². The van der Waals surface area contributed by atoms with Crippen LogP contribution in [0, 0.1) is 0 Å². The summed E-state index contributed by atoms with van der Waals surface area (Å²) in [6.07, 6.45) is 3.84. The molecular formula is C24H26N4OS. The van der Waals surface area contributed by atoms with Crippen LogP contribution in [-0.4, -0.2) is 22.4 Å². The van der Waals surface area contributed by atoms with E-state index in [4.69, 9.17) is 4.74 Å². The van der Waals surface area contributed by atoms with Gasteiger partial charge in [0.1, 0.15) is 12.4 Å². The van der Waals surface area contributed by atoms with Gasteiger partial charge in [-0.3, -0.25) is 5.43 Å². The third-order valence-corrected chi connectivity index (χ3v) is 5.78. The number of nitrogens with one attached hydrogen (secondary N) is 1. The fourth-order valence-electron chi connectivity index (χ4n) is 3.13. The molecule has 0 amide bonds. The van der Waals surface area contributed by atoms with Gasteiger partial charge in [-0.1, -0.05) is 56.4 Å². The Bertz CT molecular complexity index is 1100. The van der Waals surface area contributed by atoms with E-state index in [2.05, 4.69) is 59.0 Å². The third kappa shape index (κ3) is 4.89. The van der Waals surface area contributed by atoms with E-state index in [0.29, 0.717) is 6.61 Å². The largest absolute Gasteiger partial charge is 0.492 e. The number of fused-ring (bicyclic) bond motifs is 1. The van der Waals surface area contributed by atoms with Crippen LogP contribution in [-0.2, 0) is 12.0 Å². The van der Waals surface area contributed by atoms with Crippen LogP contribution in [0.25, 0.3) is 10.2 Å². The van der Waals surface area contributed by atoms with Gasteiger partial charge in [0.05, 0.1) is 28.7 Å². The van der Waals surface area contributed by atoms with Crippen LogP contribution in [0.1, 0.15) is 32.0 Å². The lowest BCUT2D eigenvalue weighted by molar-refractivity contribution is 0.298. The first-order chi connectivity index (χ1) is 14.5. The minimum atomic E-state index is 0.150. The molecule has 0 aliphatic carbocycles. The second kappa shape index (κ2) is 8.71. The molecule has 0 atom stereocenters. The van der Waals surface area contributed by atoms with Crippen LogP contribution in [0.5, 0.6) is 5.75 Å². The highest BCUT2D eigenvalue weighted by Gasteiger charge is 2.12. The molecule has 0 radical (unpaired) electrons. The molecular weight excluding hydrogens is 392 g/mol. The van der Waals surface area contributed by atoms with Crippen LogP contribution in [0.3, 0.4) is 0 Å². The maximum absolute atomic E-state index is 5.92. The van der Waals surface area contributed by atoms with Crippen LogP contribution in [0.2, 0.25) is 0 Å². The summed E-state index contributed by atoms with van der Waals surface area (Å²) in [6.45, 7) is 7.98. The number of aromatic nitrogens is 2. The number of rotatable bonds is 7. The first kappa shape index (κ1) is 20.2. The second-order valence-corrected chi connectivity index (χ2v) is 9.14. The standard InChI is InChI=1S/C24H26N4OS/c1-24(2,3)18-10-12-20(13-11-18)29-16-15-28-14-6-7-19(28)17-25-27-23-26-21-8-4-5-9-22(21)30-23/h4-14,17H,15-16H2,1-3H3,(H,26,27)/b25-17+. The van der Waals surface area contributed by atoms with E-state index in [1.807, 2.05) is 54.9 Å². The lowest BCUT2D eigenvalue weighted by Crippen LogP contribution is -2.12. The van der Waals surface area contributed by atoms with Crippen molar-refractivity contribution in [3.05, 3.63) is 78.1 Å². The first-order valence-corrected chi connectivity index (χ1v) is 10.8. The smallest absolute Gasteiger partial charge is 0.204 e. The Hall–Kier alpha value is -3.12. The van der Waals surface area contributed by atoms with Crippen molar-refractivity contribution in [3.8, 4) is 5.75 Å². The van der Waals surface area contributed by atoms with E-state index in [0.717, 1.165) is 33.3 Å². The molecule has 0 aliphatic heterocycles. The number of benzene rings is 2. The number of hydrogen-bond donors (Lipinski definition) is 1. The summed E-state index contributed by atoms with van der Waals surface area (Å²) in [4.78, 5) is 4.53. The Balaban J connectivity index is 1.31. The van der Waals surface area contributed by atoms with Crippen LogP contribution in [0.4, 0.5) is 5.13 Å². The normalized spacial score (nSPS) is 12.0. The molecule has 0 fully saturated rings. The summed E-state index contributed by atoms with van der Waals surface area (Å²) in [5.74, 6) is 0.892. The van der Waals surface area contributed by atoms with Crippen molar-refractivity contribution in [3.63, 3.8) is 0 Å². The summed E-state index contributed by atoms with van der Waals surface area (Å²) in [5.41, 5.74) is 6.48. The second-order valence-electron chi connectivity index (χ2n) is 8.11. The van der Waals surface area contributed by atoms with Crippen molar-refractivity contribution in [1.29, 1.82) is 0 Å². The summed E-state index contributed by atoms with van der Waals surface area (Å²) in [6, 6.07) is 20.5. The van der Waals surface area contributed by atoms with E-state index in [-0.39, 0.29) is 5.41 Å². The van der Waals surface area contributed by atoms with Crippen molar-refractivity contribution in [2.75, 3.05) is 12.0 Å². The van der Waals surface area contributed by atoms with Crippen LogP contribution in [0.15, 0.2) is 72.0 Å². The average Bonchev–Trinajstić information content (AvgIpc) is 3.34. The number of nitrogens with zero attached hydrogens (tertiary/aromatic N) is 3. The Morgan fingerprint density at radius 1 is 1.07 bits per heavy atom. The SMILES string of the molecule is CC(C)(C)c1ccc(OCCn2cccc2/C=N/Nc2nc3ccccc3s2)cc1. The van der Waals surface area contributed by atoms with E-state index in [9.17, 15) is 0 Å². The van der Waals surface area contributed by atoms with Gasteiger partial charge in [-0.15, -0.1) is 0 Å². The fourth-order valence-corrected chi connectivity index (χ4v) is 3.95. The van der Waals surface area contributed by atoms with Gasteiger partial charge in [-0.05, 0) is 47.4 Å². The first-order valence-electron chi connectivity index (χ1n) is 10.0. The number of hydrazone groups is 1. The molecule has 0 saturated heterocycles. The van der Waals surface area contributed by atoms with Crippen molar-refractivity contribution in [1.82, 2.24) is 9.55 Å². The van der Waals surface area contributed by atoms with Crippen LogP contribution < -0.4 is 10.2 Å². The summed E-state index contributed by atoms with van der Waals surface area (Å²) in [7, 11) is 0. The fraction of sp³-hybridized carbons (Fsp3) is 0.250. The van der Waals surface area contributed by atoms with Crippen LogP contribution >= 0.6 is 11.3 Å². The average molecular weight is 419 g/mol. The molecule has 30 heavy (non-hydrogen) atoms. The molecule has 0 unspecified atom stereocenters. The Morgan fingerprint density at radius 2 is 1.87 bits per heavy atom. The molecule has 4 rings (SSSR count). The zero-order chi connectivity index (χ0) is 21.0. The topological polar surface area (TPSA) is 51.4 Å². The summed E-state index contributed by atoms with van der Waals surface area (Å²) < 4.78 is 9.18. The molecule has 6 heteroatoms. The van der Waals surface area contributed by atoms with Gasteiger partial charge in [-0.2, -0.15) is 5.10 Å². The minimum Gasteiger partial charge on any atom is -0.492 e. The van der Waals surface area contributed by atoms with Crippen molar-refractivity contribution < 1.29 is 4.74 Å². The highest BCUT2D eigenvalue weighted by atomic mass is 32.1. The number of thiazole rings is 1. The predicted octanol–water partition coefficient (Wildman–Crippen LogP) is 5.92. The molecule has 2 aromatic carbocycles. The summed E-state index contributed by atoms with van der Waals surface area (Å²) >= 11 is 1.59. The highest BCUT2D eigenvalue weighted by Crippen LogP contribution is 2.25. The molecule has 154 valence electrons. The van der Waals surface area contributed by atoms with Crippen molar-refractivity contribution in [2.24, 2.45) is 5.10 Å². The maximum atomic E-state index is 5.92. The van der Waals surface area contributed by atoms with Gasteiger partial charge in [-0.25, -0.2) is 4.98 Å². The van der Waals surface area contributed by atoms with Crippen molar-refractivity contribution in [2.45, 2.75) is 32.7 Å². The van der Waals surface area contributed by atoms with E-state index >= 15 is 0 Å². The molecule has 1 N–H and O–H groups in total. The maximum Gasteiger partial charge on any atom is 0.204 e. The quantitative estimate of drug-likeness (QED) is 0.299. The molecule has 4 aromatic rings. The molecule has 0 spiro atoms. The number of anilines is 1. The zero-order valence-corrected chi connectivity index (χ0v) is 18.3. The Morgan fingerprint density at radius 3 is 2.63 bits per heavy atom. The number of para-hydroxylation sites is 1. The molecule has 2 aromatic heterocycles. The number of ether oxygens (including phenoxy) is 1. The summed E-state index contributed by atoms with van der Waals surface area (Å²) in [5, 5.41) is 5.13. The molecule has 5 nitrogen and oxygen atoms in total. The molecule has 2 heterocycles. The van der Waals surface area contributed by atoms with Crippen molar-refractivity contribution >= 4 is 32.9 Å². The monoisotopic (exact) mass is 418 g/mol. The number of hydrogen-bond acceptors (Lipinski definition) is 5. The Kier molecular flexibility index (Phi) is 5.86. The lowest BCUT2D eigenvalue weighted by Gasteiger charge is -2.19. The van der Waals surface area contributed by atoms with E-state index in [1.54, 1.807) is 11.3 Å². The predicted molar refractivity (Wildman–Crippen MR) is 126 cm³/mol. The molecule has 0 aliphatic rings. The van der Waals surface area contributed by atoms with E-state index in [1.165, 1.54) is 5.56 Å². The molecule has 0 bridgehead atoms. The molecule has 0 saturated carbocycles. The lowest BCUT2D eigenvalue weighted by atomic mass is 9.87. The zero-order valence-electron chi connectivity index (χ0n) is 17.5. The minimum absolute atomic E-state index is 0.150. The van der Waals surface area contributed by atoms with Gasteiger partial charge < -0.3 is 9.30 Å². The van der Waals surface area contributed by atoms with Gasteiger partial charge in [0.2, 0.25) is 5.13 Å². The third-order valence-electron chi connectivity index (χ3n) is 4.84. The van der Waals surface area contributed by atoms with Gasteiger partial charge in [0.25, 0.3) is 0 Å². The Labute approximate surface area is 181 Å².